The zero-order valence-corrected chi connectivity index (χ0v) is 24.7. The summed E-state index contributed by atoms with van der Waals surface area (Å²) in [4.78, 5) is 30.2. The van der Waals surface area contributed by atoms with E-state index in [9.17, 15) is 4.79 Å². The zero-order valence-electron chi connectivity index (χ0n) is 23.9. The third kappa shape index (κ3) is 8.05. The lowest BCUT2D eigenvalue weighted by molar-refractivity contribution is -0.0601. The molecule has 2 aliphatic carbocycles. The molecule has 0 radical (unpaired) electrons. The number of rotatable bonds is 12. The predicted octanol–water partition coefficient (Wildman–Crippen LogP) is 4.93. The second-order valence-electron chi connectivity index (χ2n) is 11.2. The van der Waals surface area contributed by atoms with Crippen LogP contribution in [0.4, 0.5) is 0 Å². The van der Waals surface area contributed by atoms with Gasteiger partial charge in [0, 0.05) is 37.9 Å². The van der Waals surface area contributed by atoms with Gasteiger partial charge in [0.25, 0.3) is 0 Å². The number of nitrogens with zero attached hydrogens (tertiary/aromatic N) is 5. The van der Waals surface area contributed by atoms with Crippen molar-refractivity contribution >= 4 is 29.5 Å². The molecule has 40 heavy (non-hydrogen) atoms. The largest absolute Gasteiger partial charge is 0.439 e. The van der Waals surface area contributed by atoms with E-state index < -0.39 is 5.76 Å². The van der Waals surface area contributed by atoms with Gasteiger partial charge in [-0.25, -0.2) is 14.8 Å². The molecule has 2 heterocycles. The van der Waals surface area contributed by atoms with E-state index in [1.807, 2.05) is 20.1 Å². The summed E-state index contributed by atoms with van der Waals surface area (Å²) < 4.78 is 10.9. The molecular formula is C29H42ClN7O3. The van der Waals surface area contributed by atoms with E-state index in [-0.39, 0.29) is 23.1 Å². The Morgan fingerprint density at radius 3 is 2.62 bits per heavy atom. The smallest absolute Gasteiger partial charge is 0.381 e. The number of aromatic amines is 1. The molecule has 0 bridgehead atoms. The van der Waals surface area contributed by atoms with Gasteiger partial charge in [-0.3, -0.25) is 14.5 Å². The summed E-state index contributed by atoms with van der Waals surface area (Å²) in [5, 5.41) is 4.48. The Morgan fingerprint density at radius 2 is 1.98 bits per heavy atom. The van der Waals surface area contributed by atoms with Gasteiger partial charge < -0.3 is 15.4 Å². The van der Waals surface area contributed by atoms with Crippen LogP contribution in [0.1, 0.15) is 83.9 Å². The lowest BCUT2D eigenvalue weighted by atomic mass is 9.85. The summed E-state index contributed by atoms with van der Waals surface area (Å²) >= 11 is 5.93. The molecule has 3 aliphatic rings. The van der Waals surface area contributed by atoms with Crippen molar-refractivity contribution in [1.29, 1.82) is 0 Å². The van der Waals surface area contributed by atoms with Crippen LogP contribution in [0.3, 0.4) is 0 Å². The van der Waals surface area contributed by atoms with Crippen LogP contribution < -0.4 is 11.5 Å². The minimum Gasteiger partial charge on any atom is -0.381 e. The number of ether oxygens (including phenoxy) is 1. The highest BCUT2D eigenvalue weighted by atomic mass is 35.5. The molecule has 0 spiro atoms. The molecule has 2 fully saturated rings. The Morgan fingerprint density at radius 1 is 1.25 bits per heavy atom. The summed E-state index contributed by atoms with van der Waals surface area (Å²) in [6.45, 7) is 6.00. The molecule has 11 heteroatoms. The number of allylic oxidation sites excluding steroid dienone is 1. The van der Waals surface area contributed by atoms with Crippen molar-refractivity contribution < 1.29 is 9.26 Å². The highest BCUT2D eigenvalue weighted by molar-refractivity contribution is 6.29. The molecular weight excluding hydrogens is 530 g/mol. The van der Waals surface area contributed by atoms with Gasteiger partial charge in [0.2, 0.25) is 11.7 Å². The summed E-state index contributed by atoms with van der Waals surface area (Å²) in [5.41, 5.74) is 11.1. The highest BCUT2D eigenvalue weighted by Crippen LogP contribution is 2.38. The van der Waals surface area contributed by atoms with Crippen molar-refractivity contribution in [2.45, 2.75) is 83.7 Å². The van der Waals surface area contributed by atoms with Crippen molar-refractivity contribution in [2.75, 3.05) is 26.7 Å². The molecule has 1 aromatic heterocycles. The minimum absolute atomic E-state index is 0.109. The van der Waals surface area contributed by atoms with E-state index in [0.717, 1.165) is 19.4 Å². The number of aliphatic imine (C=N–C) groups is 3. The molecule has 0 aromatic carbocycles. The van der Waals surface area contributed by atoms with Crippen LogP contribution in [0.2, 0.25) is 0 Å². The normalized spacial score (nSPS) is 21.1. The lowest BCUT2D eigenvalue weighted by Crippen LogP contribution is -2.49. The predicted molar refractivity (Wildman–Crippen MR) is 159 cm³/mol. The third-order valence-electron chi connectivity index (χ3n) is 8.23. The Balaban J connectivity index is 1.73. The van der Waals surface area contributed by atoms with E-state index in [2.05, 4.69) is 42.7 Å². The van der Waals surface area contributed by atoms with Crippen LogP contribution in [0.5, 0.6) is 0 Å². The molecule has 0 saturated heterocycles. The third-order valence-corrected chi connectivity index (χ3v) is 8.38. The summed E-state index contributed by atoms with van der Waals surface area (Å²) in [5.74, 6) is 0.858. The van der Waals surface area contributed by atoms with Gasteiger partial charge in [0.15, 0.2) is 5.84 Å². The monoisotopic (exact) mass is 571 g/mol. The van der Waals surface area contributed by atoms with Gasteiger partial charge in [-0.1, -0.05) is 54.6 Å². The van der Waals surface area contributed by atoms with Crippen LogP contribution in [-0.2, 0) is 4.74 Å². The Labute approximate surface area is 241 Å². The average molecular weight is 572 g/mol. The first-order valence-corrected chi connectivity index (χ1v) is 14.7. The van der Waals surface area contributed by atoms with Crippen molar-refractivity contribution in [3.8, 4) is 0 Å². The van der Waals surface area contributed by atoms with Crippen molar-refractivity contribution in [1.82, 2.24) is 15.0 Å². The molecule has 4 rings (SSSR count). The SMILES string of the molecule is COC(C)(CN(CC1CCCCC1)C1=C=C(CC=NCC=C(C)Cl)N=C(c2noc(=O)[nH]2)N=C1N)C1CCCC1. The van der Waals surface area contributed by atoms with E-state index in [4.69, 9.17) is 26.6 Å². The molecule has 3 N–H and O–H groups in total. The first-order chi connectivity index (χ1) is 19.3. The van der Waals surface area contributed by atoms with Gasteiger partial charge in [-0.2, -0.15) is 0 Å². The number of aromatic nitrogens is 2. The number of halogens is 1. The van der Waals surface area contributed by atoms with E-state index >= 15 is 0 Å². The van der Waals surface area contributed by atoms with Crippen molar-refractivity contribution in [3.05, 3.63) is 44.6 Å². The van der Waals surface area contributed by atoms with Crippen molar-refractivity contribution in [2.24, 2.45) is 32.5 Å². The second-order valence-corrected chi connectivity index (χ2v) is 11.8. The van der Waals surface area contributed by atoms with Crippen LogP contribution in [-0.4, -0.2) is 65.3 Å². The molecule has 1 aromatic rings. The van der Waals surface area contributed by atoms with Crippen molar-refractivity contribution in [3.63, 3.8) is 0 Å². The van der Waals surface area contributed by atoms with E-state index in [1.54, 1.807) is 6.21 Å². The number of H-pyrrole nitrogens is 1. The molecule has 1 atom stereocenters. The molecule has 1 unspecified atom stereocenters. The van der Waals surface area contributed by atoms with Crippen LogP contribution >= 0.6 is 11.6 Å². The summed E-state index contributed by atoms with van der Waals surface area (Å²) in [7, 11) is 1.81. The molecule has 0 amide bonds. The van der Waals surface area contributed by atoms with E-state index in [1.165, 1.54) is 44.9 Å². The van der Waals surface area contributed by atoms with Gasteiger partial charge in [0.1, 0.15) is 5.70 Å². The topological polar surface area (TPSA) is 134 Å². The first kappa shape index (κ1) is 30.0. The van der Waals surface area contributed by atoms with Crippen LogP contribution in [0.25, 0.3) is 0 Å². The Bertz CT molecular complexity index is 1250. The number of methoxy groups -OCH3 is 1. The molecule has 2 saturated carbocycles. The maximum Gasteiger partial charge on any atom is 0.439 e. The Kier molecular flexibility index (Phi) is 10.6. The van der Waals surface area contributed by atoms with Gasteiger partial charge in [0.05, 0.1) is 17.8 Å². The van der Waals surface area contributed by atoms with Crippen LogP contribution in [0.15, 0.2) is 52.5 Å². The molecule has 10 nitrogen and oxygen atoms in total. The zero-order chi connectivity index (χ0) is 28.5. The standard InChI is InChI=1S/C29H42ClN7O3/c1-20(30)13-15-32-16-14-23-17-24(25(31)34-26(33-23)27-35-28(38)40-36-27)37(18-21-9-5-4-6-10-21)19-29(2,39-3)22-11-7-8-12-22/h13,16,21-22H,4-12,14-15,18-19H2,1-3H3,(H2,31,33,34)(H,35,36,38). The van der Waals surface area contributed by atoms with Gasteiger partial charge >= 0.3 is 5.76 Å². The minimum atomic E-state index is -0.689. The number of amidine groups is 2. The number of nitrogens with two attached hydrogens (primary N) is 1. The molecule has 1 aliphatic heterocycles. The Hall–Kier alpha value is -2.94. The fourth-order valence-electron chi connectivity index (χ4n) is 5.91. The van der Waals surface area contributed by atoms with E-state index in [0.29, 0.717) is 47.8 Å². The quantitative estimate of drug-likeness (QED) is 0.270. The highest BCUT2D eigenvalue weighted by Gasteiger charge is 2.39. The van der Waals surface area contributed by atoms with Gasteiger partial charge in [-0.05, 0) is 57.4 Å². The number of hydrogen-bond donors (Lipinski definition) is 2. The second kappa shape index (κ2) is 14.1. The number of nitrogens with one attached hydrogen (secondary N) is 1. The van der Waals surface area contributed by atoms with Gasteiger partial charge in [-0.15, -0.1) is 0 Å². The first-order valence-electron chi connectivity index (χ1n) is 14.4. The summed E-state index contributed by atoms with van der Waals surface area (Å²) in [6.07, 6.45) is 14.9. The average Bonchev–Trinajstić information content (AvgIpc) is 3.60. The lowest BCUT2D eigenvalue weighted by Gasteiger charge is -2.41. The maximum absolute atomic E-state index is 11.7. The van der Waals surface area contributed by atoms with Crippen LogP contribution in [0, 0.1) is 11.8 Å². The fraction of sp³-hybridized carbons (Fsp3) is 0.655. The summed E-state index contributed by atoms with van der Waals surface area (Å²) in [6, 6.07) is 0. The number of hydrogen-bond acceptors (Lipinski definition) is 9. The maximum atomic E-state index is 11.7. The fourth-order valence-corrected chi connectivity index (χ4v) is 5.98. The molecule has 218 valence electrons.